The summed E-state index contributed by atoms with van der Waals surface area (Å²) < 4.78 is 29.4. The van der Waals surface area contributed by atoms with Gasteiger partial charge in [0.1, 0.15) is 18.8 Å². The smallest absolute Gasteiger partial charge is 0.367 e. The van der Waals surface area contributed by atoms with Gasteiger partial charge in [0.25, 0.3) is 0 Å². The van der Waals surface area contributed by atoms with Gasteiger partial charge in [-0.25, -0.2) is 9.78 Å². The van der Waals surface area contributed by atoms with Gasteiger partial charge in [-0.2, -0.15) is 0 Å². The van der Waals surface area contributed by atoms with E-state index >= 15 is 0 Å². The number of unbranched alkanes of at least 4 members (excludes halogenated alkanes) is 2. The quantitative estimate of drug-likeness (QED) is 0.125. The van der Waals surface area contributed by atoms with E-state index in [9.17, 15) is 4.57 Å². The Morgan fingerprint density at radius 3 is 1.88 bits per heavy atom. The molecular formula is C17H37NO6P+. The Morgan fingerprint density at radius 2 is 1.48 bits per heavy atom. The number of rotatable bonds is 17. The molecule has 150 valence electrons. The predicted octanol–water partition coefficient (Wildman–Crippen LogP) is 3.93. The monoisotopic (exact) mass is 382 g/mol. The summed E-state index contributed by atoms with van der Waals surface area (Å²) >= 11 is 0. The van der Waals surface area contributed by atoms with Gasteiger partial charge in [-0.15, -0.1) is 9.35 Å². The number of epoxide rings is 1. The second kappa shape index (κ2) is 12.4. The SMILES string of the molecule is CCCC[N+](CCCC)(CCP(=O)(OOCC)OOCC)CC1CO1. The van der Waals surface area contributed by atoms with E-state index in [1.807, 2.05) is 0 Å². The molecule has 1 saturated heterocycles. The minimum absolute atomic E-state index is 0.271. The Morgan fingerprint density at radius 1 is 0.960 bits per heavy atom. The Kier molecular flexibility index (Phi) is 11.4. The summed E-state index contributed by atoms with van der Waals surface area (Å²) in [5, 5.41) is 0. The molecular weight excluding hydrogens is 345 g/mol. The first-order valence-corrected chi connectivity index (χ1v) is 11.4. The van der Waals surface area contributed by atoms with E-state index in [0.717, 1.165) is 56.4 Å². The maximum atomic E-state index is 12.9. The Labute approximate surface area is 152 Å². The van der Waals surface area contributed by atoms with E-state index in [2.05, 4.69) is 13.8 Å². The third-order valence-corrected chi connectivity index (χ3v) is 5.79. The van der Waals surface area contributed by atoms with Crippen LogP contribution in [0.5, 0.6) is 0 Å². The fourth-order valence-corrected chi connectivity index (χ4v) is 4.26. The first kappa shape index (κ1) is 23.0. The first-order valence-electron chi connectivity index (χ1n) is 9.71. The predicted molar refractivity (Wildman–Crippen MR) is 97.2 cm³/mol. The van der Waals surface area contributed by atoms with Crippen LogP contribution in [-0.4, -0.2) is 62.7 Å². The average Bonchev–Trinajstić information content (AvgIpc) is 3.43. The van der Waals surface area contributed by atoms with E-state index in [-0.39, 0.29) is 6.16 Å². The summed E-state index contributed by atoms with van der Waals surface area (Å²) in [5.74, 6) is 0. The highest BCUT2D eigenvalue weighted by molar-refractivity contribution is 7.53. The van der Waals surface area contributed by atoms with E-state index in [4.69, 9.17) is 23.9 Å². The molecule has 0 aliphatic carbocycles. The van der Waals surface area contributed by atoms with Crippen LogP contribution in [0.3, 0.4) is 0 Å². The van der Waals surface area contributed by atoms with Gasteiger partial charge >= 0.3 is 7.60 Å². The molecule has 1 rings (SSSR count). The van der Waals surface area contributed by atoms with E-state index < -0.39 is 7.60 Å². The van der Waals surface area contributed by atoms with Crippen LogP contribution in [0.4, 0.5) is 0 Å². The molecule has 0 aromatic rings. The van der Waals surface area contributed by atoms with E-state index in [1.54, 1.807) is 13.8 Å². The number of ether oxygens (including phenoxy) is 1. The second-order valence-electron chi connectivity index (χ2n) is 6.65. The van der Waals surface area contributed by atoms with Gasteiger partial charge in [0, 0.05) is 0 Å². The molecule has 0 radical (unpaired) electrons. The molecule has 0 saturated carbocycles. The lowest BCUT2D eigenvalue weighted by Gasteiger charge is -2.39. The highest BCUT2D eigenvalue weighted by Crippen LogP contribution is 2.49. The molecule has 1 aliphatic rings. The van der Waals surface area contributed by atoms with Gasteiger partial charge < -0.3 is 9.22 Å². The largest absolute Gasteiger partial charge is 0.389 e. The minimum Gasteiger partial charge on any atom is -0.367 e. The standard InChI is InChI=1S/C17H37NO6P/c1-5-9-11-18(12-10-6-2,15-17-16-20-17)13-14-25(19,23-21-7-3)24-22-8-4/h17H,5-16H2,1-4H3/q+1. The van der Waals surface area contributed by atoms with Crippen molar-refractivity contribution in [1.82, 2.24) is 0 Å². The zero-order valence-electron chi connectivity index (χ0n) is 16.4. The second-order valence-corrected chi connectivity index (χ2v) is 8.62. The molecule has 0 spiro atoms. The lowest BCUT2D eigenvalue weighted by Crippen LogP contribution is -2.53. The molecule has 25 heavy (non-hydrogen) atoms. The van der Waals surface area contributed by atoms with Crippen molar-refractivity contribution >= 4 is 7.60 Å². The summed E-state index contributed by atoms with van der Waals surface area (Å²) in [7, 11) is -3.44. The highest BCUT2D eigenvalue weighted by Gasteiger charge is 2.39. The first-order chi connectivity index (χ1) is 12.0. The zero-order chi connectivity index (χ0) is 18.6. The Hall–Kier alpha value is -0.0100. The Bertz CT molecular complexity index is 371. The molecule has 1 unspecified atom stereocenters. The number of hydrogen-bond acceptors (Lipinski definition) is 6. The van der Waals surface area contributed by atoms with Crippen molar-refractivity contribution in [1.29, 1.82) is 0 Å². The van der Waals surface area contributed by atoms with Crippen LogP contribution in [-0.2, 0) is 28.4 Å². The van der Waals surface area contributed by atoms with Crippen molar-refractivity contribution < 1.29 is 32.9 Å². The average molecular weight is 382 g/mol. The third-order valence-electron chi connectivity index (χ3n) is 4.38. The third kappa shape index (κ3) is 9.48. The van der Waals surface area contributed by atoms with Crippen LogP contribution in [0, 0.1) is 0 Å². The molecule has 7 nitrogen and oxygen atoms in total. The van der Waals surface area contributed by atoms with Gasteiger partial charge in [0.15, 0.2) is 0 Å². The topological polar surface area (TPSA) is 66.5 Å². The van der Waals surface area contributed by atoms with Gasteiger partial charge in [-0.1, -0.05) is 26.7 Å². The maximum absolute atomic E-state index is 12.9. The summed E-state index contributed by atoms with van der Waals surface area (Å²) in [6.07, 6.45) is 5.15. The summed E-state index contributed by atoms with van der Waals surface area (Å²) in [5.41, 5.74) is 0. The molecule has 1 atom stereocenters. The van der Waals surface area contributed by atoms with Crippen molar-refractivity contribution in [2.75, 3.05) is 52.2 Å². The molecule has 1 heterocycles. The molecule has 0 amide bonds. The Balaban J connectivity index is 2.77. The normalized spacial score (nSPS) is 17.8. The van der Waals surface area contributed by atoms with Crippen molar-refractivity contribution in [2.24, 2.45) is 0 Å². The molecule has 1 aliphatic heterocycles. The van der Waals surface area contributed by atoms with Crippen LogP contribution in [0.2, 0.25) is 0 Å². The van der Waals surface area contributed by atoms with Crippen LogP contribution in [0.25, 0.3) is 0 Å². The number of nitrogens with zero attached hydrogens (tertiary/aromatic N) is 1. The van der Waals surface area contributed by atoms with Crippen LogP contribution >= 0.6 is 7.60 Å². The lowest BCUT2D eigenvalue weighted by atomic mass is 10.2. The van der Waals surface area contributed by atoms with Crippen molar-refractivity contribution in [3.8, 4) is 0 Å². The summed E-state index contributed by atoms with van der Waals surface area (Å²) in [4.78, 5) is 9.83. The van der Waals surface area contributed by atoms with E-state index in [0.29, 0.717) is 25.9 Å². The molecule has 0 bridgehead atoms. The van der Waals surface area contributed by atoms with Gasteiger partial charge in [0.2, 0.25) is 0 Å². The van der Waals surface area contributed by atoms with Crippen LogP contribution < -0.4 is 0 Å². The van der Waals surface area contributed by atoms with Crippen molar-refractivity contribution in [2.45, 2.75) is 59.5 Å². The summed E-state index contributed by atoms with van der Waals surface area (Å²) in [6, 6.07) is 0. The van der Waals surface area contributed by atoms with Gasteiger partial charge in [0.05, 0.1) is 39.5 Å². The van der Waals surface area contributed by atoms with Gasteiger partial charge in [-0.3, -0.25) is 4.57 Å². The van der Waals surface area contributed by atoms with E-state index in [1.165, 1.54) is 0 Å². The highest BCUT2D eigenvalue weighted by atomic mass is 31.2. The lowest BCUT2D eigenvalue weighted by molar-refractivity contribution is -0.927. The van der Waals surface area contributed by atoms with Gasteiger partial charge in [-0.05, 0) is 26.7 Å². The molecule has 1 fully saturated rings. The zero-order valence-corrected chi connectivity index (χ0v) is 17.3. The van der Waals surface area contributed by atoms with Crippen LogP contribution in [0.15, 0.2) is 0 Å². The molecule has 0 aromatic carbocycles. The summed E-state index contributed by atoms with van der Waals surface area (Å²) in [6.45, 7) is 13.2. The maximum Gasteiger partial charge on any atom is 0.389 e. The number of quaternary nitrogens is 1. The molecule has 0 N–H and O–H groups in total. The fraction of sp³-hybridized carbons (Fsp3) is 1.00. The molecule has 8 heteroatoms. The van der Waals surface area contributed by atoms with Crippen LogP contribution in [0.1, 0.15) is 53.4 Å². The number of hydrogen-bond donors (Lipinski definition) is 0. The fourth-order valence-electron chi connectivity index (χ4n) is 2.89. The molecule has 0 aromatic heterocycles. The van der Waals surface area contributed by atoms with Crippen molar-refractivity contribution in [3.63, 3.8) is 0 Å². The van der Waals surface area contributed by atoms with Crippen molar-refractivity contribution in [3.05, 3.63) is 0 Å². The minimum atomic E-state index is -3.44.